The van der Waals surface area contributed by atoms with Gasteiger partial charge in [0.2, 0.25) is 0 Å². The van der Waals surface area contributed by atoms with Crippen LogP contribution in [0.25, 0.3) is 10.9 Å². The molecule has 0 aliphatic heterocycles. The summed E-state index contributed by atoms with van der Waals surface area (Å²) in [7, 11) is 3.14. The van der Waals surface area contributed by atoms with Gasteiger partial charge in [0.1, 0.15) is 0 Å². The second kappa shape index (κ2) is 6.87. The number of nitrogens with one attached hydrogen (secondary N) is 2. The van der Waals surface area contributed by atoms with Crippen molar-refractivity contribution in [1.29, 1.82) is 0 Å². The van der Waals surface area contributed by atoms with Gasteiger partial charge in [0, 0.05) is 17.1 Å². The van der Waals surface area contributed by atoms with Crippen LogP contribution in [0.5, 0.6) is 11.5 Å². The number of hydrogen-bond donors (Lipinski definition) is 2. The molecule has 0 saturated carbocycles. The summed E-state index contributed by atoms with van der Waals surface area (Å²) >= 11 is 0. The molecule has 3 aromatic rings. The summed E-state index contributed by atoms with van der Waals surface area (Å²) in [5.74, 6) is 0.964. The van der Waals surface area contributed by atoms with Crippen LogP contribution < -0.4 is 14.9 Å². The highest BCUT2D eigenvalue weighted by Gasteiger charge is 2.10. The Morgan fingerprint density at radius 3 is 2.71 bits per heavy atom. The minimum atomic E-state index is -0.274. The Kier molecular flexibility index (Phi) is 4.47. The molecule has 0 saturated heterocycles. The van der Waals surface area contributed by atoms with Gasteiger partial charge < -0.3 is 14.5 Å². The van der Waals surface area contributed by atoms with Crippen LogP contribution in [0.1, 0.15) is 15.9 Å². The van der Waals surface area contributed by atoms with Crippen molar-refractivity contribution in [2.24, 2.45) is 5.10 Å². The Balaban J connectivity index is 1.73. The summed E-state index contributed by atoms with van der Waals surface area (Å²) < 4.78 is 10.4. The van der Waals surface area contributed by atoms with Crippen LogP contribution >= 0.6 is 0 Å². The number of fused-ring (bicyclic) bond motifs is 1. The molecule has 122 valence electrons. The molecule has 2 aromatic carbocycles. The molecular formula is C18H17N3O3. The minimum absolute atomic E-state index is 0.274. The zero-order valence-corrected chi connectivity index (χ0v) is 13.4. The van der Waals surface area contributed by atoms with Crippen LogP contribution in [0.4, 0.5) is 0 Å². The maximum atomic E-state index is 12.2. The highest BCUT2D eigenvalue weighted by molar-refractivity contribution is 6.06. The van der Waals surface area contributed by atoms with Crippen LogP contribution in [0.3, 0.4) is 0 Å². The number of ether oxygens (including phenoxy) is 2. The van der Waals surface area contributed by atoms with Gasteiger partial charge in [-0.25, -0.2) is 5.43 Å². The first kappa shape index (κ1) is 15.6. The van der Waals surface area contributed by atoms with Crippen LogP contribution in [0, 0.1) is 0 Å². The molecule has 0 aliphatic carbocycles. The second-order valence-electron chi connectivity index (χ2n) is 5.06. The molecule has 2 N–H and O–H groups in total. The first-order valence-electron chi connectivity index (χ1n) is 7.34. The zero-order valence-electron chi connectivity index (χ0n) is 13.4. The molecule has 0 radical (unpaired) electrons. The molecule has 0 unspecified atom stereocenters. The van der Waals surface area contributed by atoms with Gasteiger partial charge in [-0.15, -0.1) is 0 Å². The SMILES string of the molecule is COc1ccc(/C=N\NC(=O)c2c[nH]c3ccccc23)cc1OC. The number of rotatable bonds is 5. The number of nitrogens with zero attached hydrogens (tertiary/aromatic N) is 1. The monoisotopic (exact) mass is 323 g/mol. The summed E-state index contributed by atoms with van der Waals surface area (Å²) in [6.07, 6.45) is 3.22. The Morgan fingerprint density at radius 2 is 1.92 bits per heavy atom. The lowest BCUT2D eigenvalue weighted by atomic mass is 10.2. The topological polar surface area (TPSA) is 75.7 Å². The molecule has 24 heavy (non-hydrogen) atoms. The van der Waals surface area contributed by atoms with Gasteiger partial charge in [-0.3, -0.25) is 4.79 Å². The van der Waals surface area contributed by atoms with Crippen molar-refractivity contribution in [3.63, 3.8) is 0 Å². The average Bonchev–Trinajstić information content (AvgIpc) is 3.05. The summed E-state index contributed by atoms with van der Waals surface area (Å²) in [5, 5.41) is 4.86. The third-order valence-corrected chi connectivity index (χ3v) is 3.62. The van der Waals surface area contributed by atoms with Crippen LogP contribution in [-0.2, 0) is 0 Å². The quantitative estimate of drug-likeness (QED) is 0.560. The van der Waals surface area contributed by atoms with Crippen LogP contribution in [-0.4, -0.2) is 31.3 Å². The summed E-state index contributed by atoms with van der Waals surface area (Å²) in [6.45, 7) is 0. The van der Waals surface area contributed by atoms with E-state index in [1.165, 1.54) is 0 Å². The minimum Gasteiger partial charge on any atom is -0.493 e. The summed E-state index contributed by atoms with van der Waals surface area (Å²) in [4.78, 5) is 15.3. The van der Waals surface area contributed by atoms with E-state index in [-0.39, 0.29) is 5.91 Å². The van der Waals surface area contributed by atoms with E-state index in [1.807, 2.05) is 30.3 Å². The van der Waals surface area contributed by atoms with E-state index >= 15 is 0 Å². The normalized spacial score (nSPS) is 10.9. The molecule has 0 fully saturated rings. The fraction of sp³-hybridized carbons (Fsp3) is 0.111. The van der Waals surface area contributed by atoms with E-state index in [0.717, 1.165) is 16.5 Å². The molecule has 6 nitrogen and oxygen atoms in total. The van der Waals surface area contributed by atoms with Gasteiger partial charge in [-0.05, 0) is 29.8 Å². The van der Waals surface area contributed by atoms with Crippen molar-refractivity contribution >= 4 is 23.0 Å². The van der Waals surface area contributed by atoms with E-state index in [1.54, 1.807) is 38.8 Å². The van der Waals surface area contributed by atoms with E-state index in [0.29, 0.717) is 17.1 Å². The average molecular weight is 323 g/mol. The van der Waals surface area contributed by atoms with Crippen molar-refractivity contribution < 1.29 is 14.3 Å². The fourth-order valence-electron chi connectivity index (χ4n) is 2.42. The van der Waals surface area contributed by atoms with E-state index < -0.39 is 0 Å². The predicted octanol–water partition coefficient (Wildman–Crippen LogP) is 2.95. The second-order valence-corrected chi connectivity index (χ2v) is 5.06. The molecular weight excluding hydrogens is 306 g/mol. The Labute approximate surface area is 139 Å². The van der Waals surface area contributed by atoms with Crippen molar-refractivity contribution in [2.45, 2.75) is 0 Å². The Bertz CT molecular complexity index is 899. The zero-order chi connectivity index (χ0) is 16.9. The van der Waals surface area contributed by atoms with Gasteiger partial charge >= 0.3 is 0 Å². The van der Waals surface area contributed by atoms with Crippen molar-refractivity contribution in [2.75, 3.05) is 14.2 Å². The number of methoxy groups -OCH3 is 2. The maximum absolute atomic E-state index is 12.2. The standard InChI is InChI=1S/C18H17N3O3/c1-23-16-8-7-12(9-17(16)24-2)10-20-21-18(22)14-11-19-15-6-4-3-5-13(14)15/h3-11,19H,1-2H3,(H,21,22)/b20-10-. The molecule has 3 rings (SSSR count). The van der Waals surface area contributed by atoms with Gasteiger partial charge in [-0.1, -0.05) is 18.2 Å². The van der Waals surface area contributed by atoms with Crippen molar-refractivity contribution in [1.82, 2.24) is 10.4 Å². The Morgan fingerprint density at radius 1 is 1.12 bits per heavy atom. The van der Waals surface area contributed by atoms with Gasteiger partial charge in [0.05, 0.1) is 26.0 Å². The van der Waals surface area contributed by atoms with Gasteiger partial charge in [0.15, 0.2) is 11.5 Å². The molecule has 0 aliphatic rings. The van der Waals surface area contributed by atoms with Crippen molar-refractivity contribution in [3.05, 3.63) is 59.8 Å². The smallest absolute Gasteiger partial charge is 0.273 e. The highest BCUT2D eigenvalue weighted by atomic mass is 16.5. The van der Waals surface area contributed by atoms with E-state index in [4.69, 9.17) is 9.47 Å². The fourth-order valence-corrected chi connectivity index (χ4v) is 2.42. The number of hydrogen-bond acceptors (Lipinski definition) is 4. The molecule has 0 bridgehead atoms. The first-order chi connectivity index (χ1) is 11.7. The maximum Gasteiger partial charge on any atom is 0.273 e. The summed E-state index contributed by atoms with van der Waals surface area (Å²) in [6, 6.07) is 13.0. The Hall–Kier alpha value is -3.28. The lowest BCUT2D eigenvalue weighted by Gasteiger charge is -2.07. The van der Waals surface area contributed by atoms with Crippen LogP contribution in [0.15, 0.2) is 53.8 Å². The molecule has 1 aromatic heterocycles. The first-order valence-corrected chi connectivity index (χ1v) is 7.34. The number of carbonyl (C=O) groups is 1. The molecule has 6 heteroatoms. The van der Waals surface area contributed by atoms with E-state index in [2.05, 4.69) is 15.5 Å². The number of carbonyl (C=O) groups excluding carboxylic acids is 1. The third-order valence-electron chi connectivity index (χ3n) is 3.62. The number of H-pyrrole nitrogens is 1. The molecule has 0 atom stereocenters. The number of amides is 1. The molecule has 1 amide bonds. The number of aromatic amines is 1. The third kappa shape index (κ3) is 3.08. The number of para-hydroxylation sites is 1. The lowest BCUT2D eigenvalue weighted by molar-refractivity contribution is 0.0957. The largest absolute Gasteiger partial charge is 0.493 e. The number of hydrazone groups is 1. The van der Waals surface area contributed by atoms with Gasteiger partial charge in [0.25, 0.3) is 5.91 Å². The summed E-state index contributed by atoms with van der Waals surface area (Å²) in [5.41, 5.74) is 4.77. The van der Waals surface area contributed by atoms with Crippen molar-refractivity contribution in [3.8, 4) is 11.5 Å². The predicted molar refractivity (Wildman–Crippen MR) is 92.9 cm³/mol. The lowest BCUT2D eigenvalue weighted by Crippen LogP contribution is -2.17. The highest BCUT2D eigenvalue weighted by Crippen LogP contribution is 2.26. The molecule has 1 heterocycles. The number of benzene rings is 2. The number of aromatic nitrogens is 1. The van der Waals surface area contributed by atoms with Gasteiger partial charge in [-0.2, -0.15) is 5.10 Å². The van der Waals surface area contributed by atoms with E-state index in [9.17, 15) is 4.79 Å². The molecule has 0 spiro atoms. The van der Waals surface area contributed by atoms with Crippen LogP contribution in [0.2, 0.25) is 0 Å².